The van der Waals surface area contributed by atoms with E-state index in [0.717, 1.165) is 9.35 Å². The van der Waals surface area contributed by atoms with Gasteiger partial charge in [0.25, 0.3) is 10.0 Å². The van der Waals surface area contributed by atoms with E-state index < -0.39 is 10.0 Å². The molecule has 0 atom stereocenters. The van der Waals surface area contributed by atoms with Crippen LogP contribution in [0.4, 0.5) is 5.69 Å². The number of nitriles is 1. The van der Waals surface area contributed by atoms with Crippen molar-refractivity contribution < 1.29 is 8.42 Å². The number of nitrogens with zero attached hydrogens (tertiary/aromatic N) is 1. The minimum absolute atomic E-state index is 0.246. The minimum Gasteiger partial charge on any atom is -0.279 e. The van der Waals surface area contributed by atoms with E-state index in [1.807, 2.05) is 6.07 Å². The van der Waals surface area contributed by atoms with Crippen molar-refractivity contribution in [3.05, 3.63) is 44.1 Å². The highest BCUT2D eigenvalue weighted by molar-refractivity contribution is 9.11. The van der Waals surface area contributed by atoms with Gasteiger partial charge in [-0.1, -0.05) is 6.07 Å². The van der Waals surface area contributed by atoms with Gasteiger partial charge in [-0.2, -0.15) is 5.26 Å². The molecule has 1 N–H and O–H groups in total. The third-order valence-corrected chi connectivity index (χ3v) is 5.92. The molecule has 1 heterocycles. The number of thiophene rings is 1. The van der Waals surface area contributed by atoms with Gasteiger partial charge < -0.3 is 0 Å². The zero-order chi connectivity index (χ0) is 14.9. The number of rotatable bonds is 3. The molecule has 0 spiro atoms. The van der Waals surface area contributed by atoms with Crippen molar-refractivity contribution in [1.82, 2.24) is 0 Å². The number of nitrogens with one attached hydrogen (secondary N) is 1. The molecule has 0 aliphatic carbocycles. The standard InChI is InChI=1S/C13H11BrN2O2S2/c1-8-3-4-10(7-15)5-11(8)16-20(17,18)12-6-13(14)19-9(12)2/h3-6,16H,1-2H3. The summed E-state index contributed by atoms with van der Waals surface area (Å²) >= 11 is 4.65. The fourth-order valence-corrected chi connectivity index (χ4v) is 5.24. The van der Waals surface area contributed by atoms with Crippen molar-refractivity contribution in [2.75, 3.05) is 4.72 Å². The topological polar surface area (TPSA) is 70.0 Å². The van der Waals surface area contributed by atoms with Crippen molar-refractivity contribution in [1.29, 1.82) is 5.26 Å². The average molecular weight is 371 g/mol. The fraction of sp³-hybridized carbons (Fsp3) is 0.154. The highest BCUT2D eigenvalue weighted by atomic mass is 79.9. The maximum absolute atomic E-state index is 12.4. The van der Waals surface area contributed by atoms with Gasteiger partial charge in [0.2, 0.25) is 0 Å². The smallest absolute Gasteiger partial charge is 0.263 e. The molecule has 2 rings (SSSR count). The molecule has 0 fully saturated rings. The zero-order valence-electron chi connectivity index (χ0n) is 10.8. The fourth-order valence-electron chi connectivity index (χ4n) is 1.70. The first kappa shape index (κ1) is 15.0. The normalized spacial score (nSPS) is 11.1. The van der Waals surface area contributed by atoms with Crippen molar-refractivity contribution in [3.63, 3.8) is 0 Å². The Morgan fingerprint density at radius 3 is 2.55 bits per heavy atom. The van der Waals surface area contributed by atoms with E-state index >= 15 is 0 Å². The number of hydrogen-bond acceptors (Lipinski definition) is 4. The van der Waals surface area contributed by atoms with Crippen LogP contribution in [-0.4, -0.2) is 8.42 Å². The molecular formula is C13H11BrN2O2S2. The summed E-state index contributed by atoms with van der Waals surface area (Å²) in [5.41, 5.74) is 1.60. The number of benzene rings is 1. The molecule has 4 nitrogen and oxygen atoms in total. The minimum atomic E-state index is -3.65. The van der Waals surface area contributed by atoms with Crippen LogP contribution in [0, 0.1) is 25.2 Å². The van der Waals surface area contributed by atoms with Crippen LogP contribution in [0.2, 0.25) is 0 Å². The summed E-state index contributed by atoms with van der Waals surface area (Å²) in [6, 6.07) is 8.47. The highest BCUT2D eigenvalue weighted by Gasteiger charge is 2.20. The van der Waals surface area contributed by atoms with Crippen LogP contribution in [0.3, 0.4) is 0 Å². The first-order chi connectivity index (χ1) is 9.33. The van der Waals surface area contributed by atoms with E-state index in [1.54, 1.807) is 32.0 Å². The van der Waals surface area contributed by atoms with Crippen molar-refractivity contribution >= 4 is 43.0 Å². The lowest BCUT2D eigenvalue weighted by molar-refractivity contribution is 0.601. The van der Waals surface area contributed by atoms with Gasteiger partial charge in [-0.3, -0.25) is 4.72 Å². The van der Waals surface area contributed by atoms with Gasteiger partial charge in [0, 0.05) is 4.88 Å². The maximum Gasteiger partial charge on any atom is 0.263 e. The molecule has 0 saturated carbocycles. The number of anilines is 1. The lowest BCUT2D eigenvalue weighted by atomic mass is 10.1. The van der Waals surface area contributed by atoms with Crippen molar-refractivity contribution in [2.24, 2.45) is 0 Å². The Balaban J connectivity index is 2.44. The summed E-state index contributed by atoms with van der Waals surface area (Å²) in [6.45, 7) is 3.54. The maximum atomic E-state index is 12.4. The van der Waals surface area contributed by atoms with Gasteiger partial charge >= 0.3 is 0 Å². The van der Waals surface area contributed by atoms with E-state index in [4.69, 9.17) is 5.26 Å². The van der Waals surface area contributed by atoms with Gasteiger partial charge in [0.1, 0.15) is 4.90 Å². The Hall–Kier alpha value is -1.36. The Labute approximate surface area is 130 Å². The summed E-state index contributed by atoms with van der Waals surface area (Å²) in [4.78, 5) is 0.953. The van der Waals surface area contributed by atoms with Crippen molar-refractivity contribution in [2.45, 2.75) is 18.7 Å². The van der Waals surface area contributed by atoms with Crippen LogP contribution in [0.1, 0.15) is 16.0 Å². The molecule has 0 amide bonds. The second kappa shape index (κ2) is 5.56. The first-order valence-electron chi connectivity index (χ1n) is 5.63. The van der Waals surface area contributed by atoms with E-state index in [2.05, 4.69) is 20.7 Å². The van der Waals surface area contributed by atoms with Gasteiger partial charge in [-0.15, -0.1) is 11.3 Å². The first-order valence-corrected chi connectivity index (χ1v) is 8.72. The number of halogens is 1. The summed E-state index contributed by atoms with van der Waals surface area (Å²) in [7, 11) is -3.65. The molecule has 1 aromatic carbocycles. The third kappa shape index (κ3) is 3.03. The third-order valence-electron chi connectivity index (χ3n) is 2.74. The largest absolute Gasteiger partial charge is 0.279 e. The monoisotopic (exact) mass is 370 g/mol. The molecular weight excluding hydrogens is 360 g/mol. The zero-order valence-corrected chi connectivity index (χ0v) is 14.0. The van der Waals surface area contributed by atoms with Crippen LogP contribution < -0.4 is 4.72 Å². The molecule has 0 aliphatic heterocycles. The molecule has 0 radical (unpaired) electrons. The molecule has 104 valence electrons. The second-order valence-electron chi connectivity index (χ2n) is 4.22. The summed E-state index contributed by atoms with van der Waals surface area (Å²) in [5.74, 6) is 0. The van der Waals surface area contributed by atoms with E-state index in [-0.39, 0.29) is 4.90 Å². The Morgan fingerprint density at radius 2 is 2.00 bits per heavy atom. The van der Waals surface area contributed by atoms with Crippen LogP contribution in [-0.2, 0) is 10.0 Å². The summed E-state index contributed by atoms with van der Waals surface area (Å²) in [5, 5.41) is 8.88. The van der Waals surface area contributed by atoms with Gasteiger partial charge in [0.05, 0.1) is 21.1 Å². The quantitative estimate of drug-likeness (QED) is 0.892. The van der Waals surface area contributed by atoms with Crippen LogP contribution in [0.5, 0.6) is 0 Å². The molecule has 0 unspecified atom stereocenters. The molecule has 2 aromatic rings. The SMILES string of the molecule is Cc1ccc(C#N)cc1NS(=O)(=O)c1cc(Br)sc1C. The van der Waals surface area contributed by atoms with Crippen molar-refractivity contribution in [3.8, 4) is 6.07 Å². The molecule has 0 bridgehead atoms. The lowest BCUT2D eigenvalue weighted by Crippen LogP contribution is -2.14. The summed E-state index contributed by atoms with van der Waals surface area (Å²) in [6.07, 6.45) is 0. The Morgan fingerprint density at radius 1 is 1.30 bits per heavy atom. The van der Waals surface area contributed by atoms with E-state index in [0.29, 0.717) is 16.1 Å². The van der Waals surface area contributed by atoms with Gasteiger partial charge in [-0.25, -0.2) is 8.42 Å². The number of sulfonamides is 1. The van der Waals surface area contributed by atoms with Crippen LogP contribution in [0.15, 0.2) is 32.9 Å². The van der Waals surface area contributed by atoms with Crippen LogP contribution >= 0.6 is 27.3 Å². The van der Waals surface area contributed by atoms with Gasteiger partial charge in [0.15, 0.2) is 0 Å². The number of aryl methyl sites for hydroxylation is 2. The molecule has 7 heteroatoms. The highest BCUT2D eigenvalue weighted by Crippen LogP contribution is 2.31. The molecule has 1 aromatic heterocycles. The van der Waals surface area contributed by atoms with E-state index in [1.165, 1.54) is 17.4 Å². The average Bonchev–Trinajstić information content (AvgIpc) is 2.72. The molecule has 20 heavy (non-hydrogen) atoms. The van der Waals surface area contributed by atoms with Crippen LogP contribution in [0.25, 0.3) is 0 Å². The predicted octanol–water partition coefficient (Wildman–Crippen LogP) is 3.80. The van der Waals surface area contributed by atoms with E-state index in [9.17, 15) is 8.42 Å². The Kier molecular flexibility index (Phi) is 4.18. The lowest BCUT2D eigenvalue weighted by Gasteiger charge is -2.10. The predicted molar refractivity (Wildman–Crippen MR) is 83.5 cm³/mol. The Bertz CT molecular complexity index is 804. The second-order valence-corrected chi connectivity index (χ2v) is 8.50. The molecule has 0 aliphatic rings. The van der Waals surface area contributed by atoms with Gasteiger partial charge in [-0.05, 0) is 53.5 Å². The number of hydrogen-bond donors (Lipinski definition) is 1. The molecule has 0 saturated heterocycles. The summed E-state index contributed by atoms with van der Waals surface area (Å²) < 4.78 is 28.1.